The Hall–Kier alpha value is -1.50. The minimum Gasteiger partial charge on any atom is -0.496 e. The highest BCUT2D eigenvalue weighted by Crippen LogP contribution is 2.68. The van der Waals surface area contributed by atoms with Gasteiger partial charge in [-0.1, -0.05) is 20.8 Å². The molecule has 2 saturated carbocycles. The van der Waals surface area contributed by atoms with Crippen molar-refractivity contribution in [1.82, 2.24) is 0 Å². The van der Waals surface area contributed by atoms with Gasteiger partial charge in [-0.2, -0.15) is 0 Å². The molecule has 2 aliphatic carbocycles. The van der Waals surface area contributed by atoms with Gasteiger partial charge < -0.3 is 28.8 Å². The van der Waals surface area contributed by atoms with Gasteiger partial charge in [0.15, 0.2) is 17.3 Å². The second-order valence-corrected chi connectivity index (χ2v) is 9.94. The Balaban J connectivity index is 1.84. The lowest BCUT2D eigenvalue weighted by Crippen LogP contribution is -2.62. The predicted octanol–water partition coefficient (Wildman–Crippen LogP) is 4.73. The molecule has 1 aromatic rings. The Labute approximate surface area is 186 Å². The van der Waals surface area contributed by atoms with Crippen LogP contribution in [0.4, 0.5) is 0 Å². The zero-order valence-electron chi connectivity index (χ0n) is 19.8. The van der Waals surface area contributed by atoms with Gasteiger partial charge in [0.2, 0.25) is 0 Å². The van der Waals surface area contributed by atoms with Gasteiger partial charge >= 0.3 is 0 Å². The van der Waals surface area contributed by atoms with E-state index in [1.807, 2.05) is 12.1 Å². The predicted molar refractivity (Wildman–Crippen MR) is 118 cm³/mol. The average Bonchev–Trinajstić information content (AvgIpc) is 3.26. The Morgan fingerprint density at radius 2 is 1.61 bits per heavy atom. The number of methoxy groups -OCH3 is 3. The monoisotopic (exact) mass is 434 g/mol. The molecule has 1 heterocycles. The Morgan fingerprint density at radius 1 is 0.968 bits per heavy atom. The zero-order chi connectivity index (χ0) is 22.4. The van der Waals surface area contributed by atoms with Crippen LogP contribution in [-0.2, 0) is 9.47 Å². The normalized spacial score (nSPS) is 35.5. The van der Waals surface area contributed by atoms with Crippen LogP contribution in [0, 0.1) is 22.7 Å². The van der Waals surface area contributed by atoms with E-state index in [9.17, 15) is 5.11 Å². The van der Waals surface area contributed by atoms with E-state index in [1.54, 1.807) is 21.3 Å². The Morgan fingerprint density at radius 3 is 2.23 bits per heavy atom. The Kier molecular flexibility index (Phi) is 5.95. The molecule has 1 unspecified atom stereocenters. The smallest absolute Gasteiger partial charge is 0.174 e. The highest BCUT2D eigenvalue weighted by Gasteiger charge is 2.66. The maximum Gasteiger partial charge on any atom is 0.174 e. The van der Waals surface area contributed by atoms with Gasteiger partial charge in [-0.15, -0.1) is 0 Å². The van der Waals surface area contributed by atoms with Crippen LogP contribution >= 0.6 is 0 Å². The van der Waals surface area contributed by atoms with E-state index in [0.717, 1.165) is 32.1 Å². The van der Waals surface area contributed by atoms with Crippen LogP contribution in [0.2, 0.25) is 0 Å². The largest absolute Gasteiger partial charge is 0.496 e. The van der Waals surface area contributed by atoms with Crippen molar-refractivity contribution in [2.75, 3.05) is 34.5 Å². The van der Waals surface area contributed by atoms with Gasteiger partial charge in [0, 0.05) is 17.3 Å². The van der Waals surface area contributed by atoms with E-state index < -0.39 is 17.3 Å². The first kappa shape index (κ1) is 22.7. The lowest BCUT2D eigenvalue weighted by atomic mass is 9.44. The van der Waals surface area contributed by atoms with Crippen molar-refractivity contribution >= 4 is 0 Å². The van der Waals surface area contributed by atoms with E-state index in [1.165, 1.54) is 0 Å². The zero-order valence-corrected chi connectivity index (χ0v) is 19.8. The highest BCUT2D eigenvalue weighted by molar-refractivity contribution is 5.55. The number of fused-ring (bicyclic) bond motifs is 2. The molecule has 1 saturated heterocycles. The van der Waals surface area contributed by atoms with Crippen LogP contribution < -0.4 is 14.2 Å². The minimum atomic E-state index is -0.788. The molecule has 0 aromatic heterocycles. The van der Waals surface area contributed by atoms with E-state index >= 15 is 0 Å². The van der Waals surface area contributed by atoms with Crippen molar-refractivity contribution in [3.05, 3.63) is 17.7 Å². The van der Waals surface area contributed by atoms with Gasteiger partial charge in [-0.25, -0.2) is 0 Å². The maximum atomic E-state index is 12.1. The van der Waals surface area contributed by atoms with Crippen LogP contribution in [0.5, 0.6) is 17.2 Å². The summed E-state index contributed by atoms with van der Waals surface area (Å²) in [7, 11) is 4.85. The van der Waals surface area contributed by atoms with Crippen LogP contribution in [-0.4, -0.2) is 45.4 Å². The number of benzene rings is 1. The molecule has 31 heavy (non-hydrogen) atoms. The van der Waals surface area contributed by atoms with Crippen LogP contribution in [0.1, 0.15) is 64.5 Å². The third kappa shape index (κ3) is 3.09. The summed E-state index contributed by atoms with van der Waals surface area (Å²) in [6.07, 6.45) is 4.24. The van der Waals surface area contributed by atoms with Crippen LogP contribution in [0.15, 0.2) is 12.1 Å². The van der Waals surface area contributed by atoms with Crippen molar-refractivity contribution in [2.45, 2.75) is 64.8 Å². The lowest BCUT2D eigenvalue weighted by molar-refractivity contribution is -0.305. The fourth-order valence-corrected chi connectivity index (χ4v) is 7.01. The van der Waals surface area contributed by atoms with E-state index in [2.05, 4.69) is 20.8 Å². The molecule has 5 atom stereocenters. The molecule has 0 amide bonds. The summed E-state index contributed by atoms with van der Waals surface area (Å²) < 4.78 is 29.6. The van der Waals surface area contributed by atoms with E-state index in [0.29, 0.717) is 41.9 Å². The molecular formula is C25H38O6. The Bertz CT molecular complexity index is 803. The third-order valence-corrected chi connectivity index (χ3v) is 8.93. The molecule has 1 aromatic carbocycles. The fourth-order valence-electron chi connectivity index (χ4n) is 7.01. The molecule has 3 aliphatic rings. The molecule has 4 rings (SSSR count). The van der Waals surface area contributed by atoms with Crippen LogP contribution in [0.3, 0.4) is 0 Å². The topological polar surface area (TPSA) is 66.4 Å². The lowest BCUT2D eigenvalue weighted by Gasteiger charge is -2.63. The SMILES string of the molecule is COc1ccc(OC)c(C(O)[C@@]2(C)[C@H](C)CC[C@@]3(C)[C@@H]2CCCC32OCCO2)c1OC. The second kappa shape index (κ2) is 8.13. The summed E-state index contributed by atoms with van der Waals surface area (Å²) in [5, 5.41) is 12.1. The fraction of sp³-hybridized carbons (Fsp3) is 0.760. The van der Waals surface area contributed by atoms with Crippen molar-refractivity contribution in [3.8, 4) is 17.2 Å². The molecule has 0 radical (unpaired) electrons. The molecule has 1 aliphatic heterocycles. The molecule has 6 nitrogen and oxygen atoms in total. The molecule has 0 bridgehead atoms. The van der Waals surface area contributed by atoms with Gasteiger partial charge in [-0.3, -0.25) is 0 Å². The first-order valence-electron chi connectivity index (χ1n) is 11.5. The number of ether oxygens (including phenoxy) is 5. The van der Waals surface area contributed by atoms with Gasteiger partial charge in [-0.05, 0) is 49.7 Å². The summed E-state index contributed by atoms with van der Waals surface area (Å²) in [6.45, 7) is 8.11. The summed E-state index contributed by atoms with van der Waals surface area (Å²) in [6, 6.07) is 3.67. The number of aliphatic hydroxyl groups excluding tert-OH is 1. The van der Waals surface area contributed by atoms with Crippen molar-refractivity contribution < 1.29 is 28.8 Å². The molecule has 174 valence electrons. The van der Waals surface area contributed by atoms with E-state index in [-0.39, 0.29) is 11.3 Å². The molecular weight excluding hydrogens is 396 g/mol. The first-order valence-corrected chi connectivity index (χ1v) is 11.5. The van der Waals surface area contributed by atoms with Crippen molar-refractivity contribution in [2.24, 2.45) is 22.7 Å². The summed E-state index contributed by atoms with van der Waals surface area (Å²) in [4.78, 5) is 0. The van der Waals surface area contributed by atoms with Crippen molar-refractivity contribution in [1.29, 1.82) is 0 Å². The summed E-state index contributed by atoms with van der Waals surface area (Å²) >= 11 is 0. The average molecular weight is 435 g/mol. The summed E-state index contributed by atoms with van der Waals surface area (Å²) in [5.41, 5.74) is 0.0854. The second-order valence-electron chi connectivity index (χ2n) is 9.94. The number of hydrogen-bond acceptors (Lipinski definition) is 6. The molecule has 6 heteroatoms. The van der Waals surface area contributed by atoms with Gasteiger partial charge in [0.05, 0.1) is 46.2 Å². The number of aliphatic hydroxyl groups is 1. The number of hydrogen-bond donors (Lipinski definition) is 1. The van der Waals surface area contributed by atoms with Gasteiger partial charge in [0.25, 0.3) is 0 Å². The van der Waals surface area contributed by atoms with Crippen molar-refractivity contribution in [3.63, 3.8) is 0 Å². The van der Waals surface area contributed by atoms with Crippen LogP contribution in [0.25, 0.3) is 0 Å². The van der Waals surface area contributed by atoms with E-state index in [4.69, 9.17) is 23.7 Å². The highest BCUT2D eigenvalue weighted by atomic mass is 16.7. The first-order chi connectivity index (χ1) is 14.8. The number of rotatable bonds is 5. The minimum absolute atomic E-state index is 0.163. The standard InChI is InChI=1S/C25H38O6/c1-16-11-13-23(2)19(8-7-12-25(23)30-14-15-31-25)24(16,3)22(26)20-17(27-4)9-10-18(28-5)21(20)29-6/h9-10,16,19,22,26H,7-8,11-15H2,1-6H3/t16-,19+,22?,23+,24+/m1/s1. The molecule has 3 fully saturated rings. The van der Waals surface area contributed by atoms with Gasteiger partial charge in [0.1, 0.15) is 5.75 Å². The quantitative estimate of drug-likeness (QED) is 0.723. The third-order valence-electron chi connectivity index (χ3n) is 8.93. The molecule has 1 N–H and O–H groups in total. The molecule has 1 spiro atoms. The maximum absolute atomic E-state index is 12.1. The summed E-state index contributed by atoms with van der Waals surface area (Å²) in [5.74, 6) is 1.73.